The summed E-state index contributed by atoms with van der Waals surface area (Å²) in [4.78, 5) is 25.4. The van der Waals surface area contributed by atoms with Gasteiger partial charge in [-0.3, -0.25) is 10.1 Å². The first-order valence-corrected chi connectivity index (χ1v) is 6.05. The van der Waals surface area contributed by atoms with Gasteiger partial charge in [0.1, 0.15) is 0 Å². The number of rotatable bonds is 4. The van der Waals surface area contributed by atoms with Crippen molar-refractivity contribution in [2.45, 2.75) is 0 Å². The maximum atomic E-state index is 10.6. The fraction of sp³-hybridized carbons (Fsp3) is 0. The number of hydrogen-bond donors (Lipinski definition) is 1. The molecule has 8 heteroatoms. The third kappa shape index (κ3) is 3.62. The number of carboxylic acid groups (broad SMARTS) is 1. The molecule has 0 spiro atoms. The summed E-state index contributed by atoms with van der Waals surface area (Å²) in [5.74, 6) is -1.05. The number of halogens is 1. The van der Waals surface area contributed by atoms with Crippen LogP contribution in [0, 0.1) is 10.1 Å². The summed E-state index contributed by atoms with van der Waals surface area (Å²) in [5.41, 5.74) is 2.90. The summed E-state index contributed by atoms with van der Waals surface area (Å²) in [6.45, 7) is 0. The van der Waals surface area contributed by atoms with Crippen LogP contribution < -0.4 is 0 Å². The van der Waals surface area contributed by atoms with Crippen molar-refractivity contribution in [1.29, 1.82) is 0 Å². The molecular formula is C12H9ClN2O4S. The molecule has 0 aliphatic heterocycles. The largest absolute Gasteiger partial charge is 0.478 e. The molecule has 0 saturated heterocycles. The van der Waals surface area contributed by atoms with Crippen molar-refractivity contribution in [3.63, 3.8) is 0 Å². The predicted molar refractivity (Wildman–Crippen MR) is 78.1 cm³/mol. The Morgan fingerprint density at radius 1 is 1.35 bits per heavy atom. The molecule has 1 aromatic heterocycles. The Kier molecular flexibility index (Phi) is 5.36. The zero-order valence-electron chi connectivity index (χ0n) is 9.92. The quantitative estimate of drug-likeness (QED) is 0.531. The monoisotopic (exact) mass is 312 g/mol. The van der Waals surface area contributed by atoms with Crippen LogP contribution in [0.15, 0.2) is 35.9 Å². The number of thiazole rings is 1. The van der Waals surface area contributed by atoms with E-state index in [0.29, 0.717) is 5.69 Å². The first-order chi connectivity index (χ1) is 9.08. The van der Waals surface area contributed by atoms with E-state index >= 15 is 0 Å². The summed E-state index contributed by atoms with van der Waals surface area (Å²) in [6.07, 6.45) is 2.40. The number of aromatic nitrogens is 1. The van der Waals surface area contributed by atoms with Crippen LogP contribution in [0.1, 0.15) is 5.69 Å². The number of hydrogen-bond acceptors (Lipinski definition) is 5. The van der Waals surface area contributed by atoms with E-state index in [0.717, 1.165) is 16.5 Å². The number of non-ortho nitro benzene ring substituents is 1. The lowest BCUT2D eigenvalue weighted by Crippen LogP contribution is -1.88. The molecule has 20 heavy (non-hydrogen) atoms. The van der Waals surface area contributed by atoms with E-state index in [1.807, 2.05) is 0 Å². The number of nitro groups is 1. The van der Waals surface area contributed by atoms with E-state index in [1.165, 1.54) is 29.5 Å². The van der Waals surface area contributed by atoms with Crippen molar-refractivity contribution in [1.82, 2.24) is 4.98 Å². The fourth-order valence-electron chi connectivity index (χ4n) is 1.47. The van der Waals surface area contributed by atoms with Crippen molar-refractivity contribution in [2.24, 2.45) is 0 Å². The number of carbonyl (C=O) groups is 1. The van der Waals surface area contributed by atoms with Crippen molar-refractivity contribution in [3.05, 3.63) is 51.7 Å². The lowest BCUT2D eigenvalue weighted by molar-refractivity contribution is -0.384. The van der Waals surface area contributed by atoms with Crippen LogP contribution >= 0.6 is 23.7 Å². The average Bonchev–Trinajstić information content (AvgIpc) is 2.84. The zero-order chi connectivity index (χ0) is 13.8. The van der Waals surface area contributed by atoms with Gasteiger partial charge in [0.15, 0.2) is 0 Å². The summed E-state index contributed by atoms with van der Waals surface area (Å²) in [6, 6.07) is 6.03. The minimum Gasteiger partial charge on any atom is -0.478 e. The van der Waals surface area contributed by atoms with E-state index in [1.54, 1.807) is 17.6 Å². The Hall–Kier alpha value is -2.25. The second-order valence-corrected chi connectivity index (χ2v) is 4.40. The lowest BCUT2D eigenvalue weighted by Gasteiger charge is -1.98. The highest BCUT2D eigenvalue weighted by atomic mass is 35.5. The molecule has 2 rings (SSSR count). The number of carboxylic acids is 1. The molecule has 0 unspecified atom stereocenters. The molecule has 1 aromatic carbocycles. The second kappa shape index (κ2) is 6.78. The third-order valence-corrected chi connectivity index (χ3v) is 3.21. The van der Waals surface area contributed by atoms with Crippen LogP contribution in [0.2, 0.25) is 0 Å². The Balaban J connectivity index is 0.00000200. The standard InChI is InChI=1S/C12H8N2O4S.ClH/c15-11(16)6-5-10-12(19-7-13-10)8-1-3-9(4-2-8)14(17)18;/h1-7H,(H,15,16);1H. The summed E-state index contributed by atoms with van der Waals surface area (Å²) >= 11 is 1.34. The van der Waals surface area contributed by atoms with E-state index < -0.39 is 10.9 Å². The van der Waals surface area contributed by atoms with Gasteiger partial charge in [-0.15, -0.1) is 23.7 Å². The Morgan fingerprint density at radius 2 is 2.00 bits per heavy atom. The summed E-state index contributed by atoms with van der Waals surface area (Å²) in [7, 11) is 0. The van der Waals surface area contributed by atoms with Crippen LogP contribution in [-0.2, 0) is 4.79 Å². The van der Waals surface area contributed by atoms with Gasteiger partial charge in [0.2, 0.25) is 0 Å². The van der Waals surface area contributed by atoms with Crippen LogP contribution in [-0.4, -0.2) is 21.0 Å². The van der Waals surface area contributed by atoms with Gasteiger partial charge >= 0.3 is 5.97 Å². The molecule has 0 atom stereocenters. The van der Waals surface area contributed by atoms with Gasteiger partial charge in [0, 0.05) is 18.2 Å². The highest BCUT2D eigenvalue weighted by Crippen LogP contribution is 2.29. The van der Waals surface area contributed by atoms with Crippen LogP contribution in [0.4, 0.5) is 5.69 Å². The van der Waals surface area contributed by atoms with Crippen LogP contribution in [0.3, 0.4) is 0 Å². The van der Waals surface area contributed by atoms with Gasteiger partial charge in [-0.1, -0.05) is 0 Å². The Bertz CT molecular complexity index is 652. The van der Waals surface area contributed by atoms with Crippen LogP contribution in [0.5, 0.6) is 0 Å². The van der Waals surface area contributed by atoms with Gasteiger partial charge in [-0.05, 0) is 23.8 Å². The van der Waals surface area contributed by atoms with Gasteiger partial charge in [0.05, 0.1) is 21.0 Å². The normalized spacial score (nSPS) is 10.2. The highest BCUT2D eigenvalue weighted by Gasteiger charge is 2.09. The Morgan fingerprint density at radius 3 is 2.55 bits per heavy atom. The highest BCUT2D eigenvalue weighted by molar-refractivity contribution is 7.13. The molecular weight excluding hydrogens is 304 g/mol. The zero-order valence-corrected chi connectivity index (χ0v) is 11.6. The molecule has 0 aliphatic rings. The smallest absolute Gasteiger partial charge is 0.328 e. The number of nitro benzene ring substituents is 1. The maximum absolute atomic E-state index is 10.6. The van der Waals surface area contributed by atoms with E-state index in [4.69, 9.17) is 5.11 Å². The summed E-state index contributed by atoms with van der Waals surface area (Å²) < 4.78 is 0. The number of nitrogens with zero attached hydrogens (tertiary/aromatic N) is 2. The molecule has 1 N–H and O–H groups in total. The number of benzene rings is 1. The Labute approximate surface area is 124 Å². The van der Waals surface area contributed by atoms with Gasteiger partial charge < -0.3 is 5.11 Å². The first-order valence-electron chi connectivity index (χ1n) is 5.17. The van der Waals surface area contributed by atoms with Crippen molar-refractivity contribution < 1.29 is 14.8 Å². The van der Waals surface area contributed by atoms with E-state index in [-0.39, 0.29) is 18.1 Å². The molecule has 6 nitrogen and oxygen atoms in total. The molecule has 1 heterocycles. The first kappa shape index (κ1) is 15.8. The van der Waals surface area contributed by atoms with E-state index in [9.17, 15) is 14.9 Å². The van der Waals surface area contributed by atoms with Crippen molar-refractivity contribution in [3.8, 4) is 10.4 Å². The SMILES string of the molecule is Cl.O=C(O)C=Cc1ncsc1-c1ccc([N+](=O)[O-])cc1. The molecule has 0 amide bonds. The third-order valence-electron chi connectivity index (χ3n) is 2.32. The summed E-state index contributed by atoms with van der Waals surface area (Å²) in [5, 5.41) is 19.1. The van der Waals surface area contributed by atoms with Crippen molar-refractivity contribution in [2.75, 3.05) is 0 Å². The van der Waals surface area contributed by atoms with Gasteiger partial charge in [0.25, 0.3) is 5.69 Å². The van der Waals surface area contributed by atoms with Gasteiger partial charge in [-0.25, -0.2) is 9.78 Å². The predicted octanol–water partition coefficient (Wildman–Crippen LogP) is 3.24. The molecule has 104 valence electrons. The molecule has 0 bridgehead atoms. The second-order valence-electron chi connectivity index (χ2n) is 3.54. The molecule has 0 saturated carbocycles. The number of aliphatic carboxylic acids is 1. The molecule has 0 fully saturated rings. The minimum absolute atomic E-state index is 0. The van der Waals surface area contributed by atoms with Gasteiger partial charge in [-0.2, -0.15) is 0 Å². The lowest BCUT2D eigenvalue weighted by atomic mass is 10.1. The van der Waals surface area contributed by atoms with E-state index in [2.05, 4.69) is 4.98 Å². The minimum atomic E-state index is -1.05. The van der Waals surface area contributed by atoms with Crippen molar-refractivity contribution >= 4 is 41.5 Å². The molecule has 0 radical (unpaired) electrons. The maximum Gasteiger partial charge on any atom is 0.328 e. The fourth-order valence-corrected chi connectivity index (χ4v) is 2.26. The molecule has 2 aromatic rings. The topological polar surface area (TPSA) is 93.3 Å². The average molecular weight is 313 g/mol. The van der Waals surface area contributed by atoms with Crippen LogP contribution in [0.25, 0.3) is 16.5 Å². The molecule has 0 aliphatic carbocycles.